The molecule has 0 aliphatic rings. The van der Waals surface area contributed by atoms with Crippen LogP contribution in [0.4, 0.5) is 0 Å². The van der Waals surface area contributed by atoms with Crippen molar-refractivity contribution >= 4 is 17.8 Å². The van der Waals surface area contributed by atoms with Gasteiger partial charge in [0.15, 0.2) is 5.69 Å². The minimum Gasteiger partial charge on any atom is -0.476 e. The molecule has 1 aromatic rings. The van der Waals surface area contributed by atoms with E-state index >= 15 is 0 Å². The SMILES string of the molecule is CCCc1c(C(=O)O)nnn1CC(=O)NCCNC(C)=O. The Balaban J connectivity index is 2.59. The Morgan fingerprint density at radius 3 is 2.48 bits per heavy atom. The van der Waals surface area contributed by atoms with Gasteiger partial charge < -0.3 is 15.7 Å². The minimum absolute atomic E-state index is 0.102. The monoisotopic (exact) mass is 297 g/mol. The van der Waals surface area contributed by atoms with E-state index in [4.69, 9.17) is 5.11 Å². The number of rotatable bonds is 8. The van der Waals surface area contributed by atoms with Crippen LogP contribution in [0.25, 0.3) is 0 Å². The fourth-order valence-corrected chi connectivity index (χ4v) is 1.74. The summed E-state index contributed by atoms with van der Waals surface area (Å²) in [6.07, 6.45) is 1.20. The summed E-state index contributed by atoms with van der Waals surface area (Å²) in [5, 5.41) is 21.5. The summed E-state index contributed by atoms with van der Waals surface area (Å²) in [7, 11) is 0. The quantitative estimate of drug-likeness (QED) is 0.538. The second kappa shape index (κ2) is 7.98. The molecule has 0 saturated carbocycles. The van der Waals surface area contributed by atoms with Crippen molar-refractivity contribution in [2.75, 3.05) is 13.1 Å². The first-order chi connectivity index (χ1) is 9.95. The molecule has 0 aliphatic carbocycles. The molecule has 0 fully saturated rings. The lowest BCUT2D eigenvalue weighted by atomic mass is 10.2. The van der Waals surface area contributed by atoms with Gasteiger partial charge in [-0.1, -0.05) is 18.6 Å². The van der Waals surface area contributed by atoms with Gasteiger partial charge >= 0.3 is 5.97 Å². The number of carbonyl (C=O) groups is 3. The number of hydrogen-bond acceptors (Lipinski definition) is 5. The molecule has 116 valence electrons. The van der Waals surface area contributed by atoms with Crippen LogP contribution in [0, 0.1) is 0 Å². The zero-order valence-corrected chi connectivity index (χ0v) is 12.0. The molecule has 0 unspecified atom stereocenters. The van der Waals surface area contributed by atoms with Crippen molar-refractivity contribution < 1.29 is 19.5 Å². The standard InChI is InChI=1S/C12H19N5O4/c1-3-4-9-11(12(20)21)15-16-17(9)7-10(19)14-6-5-13-8(2)18/h3-7H2,1-2H3,(H,13,18)(H,14,19)(H,20,21). The van der Waals surface area contributed by atoms with Crippen LogP contribution in [0.15, 0.2) is 0 Å². The first-order valence-electron chi connectivity index (χ1n) is 6.62. The molecule has 0 aromatic carbocycles. The Hall–Kier alpha value is -2.45. The Morgan fingerprint density at radius 1 is 1.24 bits per heavy atom. The highest BCUT2D eigenvalue weighted by molar-refractivity contribution is 5.86. The summed E-state index contributed by atoms with van der Waals surface area (Å²) in [5.41, 5.74) is 0.310. The molecule has 9 nitrogen and oxygen atoms in total. The van der Waals surface area contributed by atoms with Gasteiger partial charge in [-0.2, -0.15) is 0 Å². The number of nitrogens with one attached hydrogen (secondary N) is 2. The van der Waals surface area contributed by atoms with E-state index in [0.717, 1.165) is 6.42 Å². The summed E-state index contributed by atoms with van der Waals surface area (Å²) in [5.74, 6) is -1.65. The topological polar surface area (TPSA) is 126 Å². The number of aromatic nitrogens is 3. The smallest absolute Gasteiger partial charge is 0.358 e. The molecule has 0 aliphatic heterocycles. The zero-order valence-electron chi connectivity index (χ0n) is 12.0. The number of nitrogens with zero attached hydrogens (tertiary/aromatic N) is 3. The number of aromatic carboxylic acids is 1. The lowest BCUT2D eigenvalue weighted by Gasteiger charge is -2.08. The van der Waals surface area contributed by atoms with E-state index in [1.165, 1.54) is 11.6 Å². The number of carboxylic acids is 1. The van der Waals surface area contributed by atoms with Crippen LogP contribution in [-0.2, 0) is 22.6 Å². The van der Waals surface area contributed by atoms with E-state index in [2.05, 4.69) is 20.9 Å². The van der Waals surface area contributed by atoms with Crippen LogP contribution in [0.5, 0.6) is 0 Å². The first-order valence-corrected chi connectivity index (χ1v) is 6.62. The average Bonchev–Trinajstić information content (AvgIpc) is 2.78. The predicted molar refractivity (Wildman–Crippen MR) is 72.7 cm³/mol. The number of carboxylic acid groups (broad SMARTS) is 1. The highest BCUT2D eigenvalue weighted by Gasteiger charge is 2.19. The molecule has 1 rings (SSSR count). The van der Waals surface area contributed by atoms with Crippen molar-refractivity contribution in [3.05, 3.63) is 11.4 Å². The van der Waals surface area contributed by atoms with Gasteiger partial charge in [0.2, 0.25) is 11.8 Å². The number of amides is 2. The van der Waals surface area contributed by atoms with Crippen molar-refractivity contribution in [3.8, 4) is 0 Å². The molecule has 0 atom stereocenters. The molecular formula is C12H19N5O4. The van der Waals surface area contributed by atoms with Crippen molar-refractivity contribution in [1.82, 2.24) is 25.6 Å². The van der Waals surface area contributed by atoms with E-state index in [0.29, 0.717) is 25.2 Å². The molecule has 1 aromatic heterocycles. The maximum absolute atomic E-state index is 11.7. The lowest BCUT2D eigenvalue weighted by Crippen LogP contribution is -2.35. The van der Waals surface area contributed by atoms with Gasteiger partial charge in [0.25, 0.3) is 0 Å². The second-order valence-corrected chi connectivity index (χ2v) is 4.43. The van der Waals surface area contributed by atoms with E-state index in [1.54, 1.807) is 0 Å². The predicted octanol–water partition coefficient (Wildman–Crippen LogP) is -0.819. The number of hydrogen-bond donors (Lipinski definition) is 3. The summed E-state index contributed by atoms with van der Waals surface area (Å²) < 4.78 is 1.29. The Morgan fingerprint density at radius 2 is 1.90 bits per heavy atom. The highest BCUT2D eigenvalue weighted by Crippen LogP contribution is 2.08. The Bertz CT molecular complexity index is 526. The van der Waals surface area contributed by atoms with Crippen LogP contribution >= 0.6 is 0 Å². The van der Waals surface area contributed by atoms with Gasteiger partial charge in [0, 0.05) is 20.0 Å². The summed E-state index contributed by atoms with van der Waals surface area (Å²) >= 11 is 0. The van der Waals surface area contributed by atoms with Crippen molar-refractivity contribution in [2.45, 2.75) is 33.2 Å². The van der Waals surface area contributed by atoms with Crippen LogP contribution in [-0.4, -0.2) is 51.0 Å². The van der Waals surface area contributed by atoms with Crippen LogP contribution < -0.4 is 10.6 Å². The zero-order chi connectivity index (χ0) is 15.8. The summed E-state index contributed by atoms with van der Waals surface area (Å²) in [4.78, 5) is 33.4. The van der Waals surface area contributed by atoms with Gasteiger partial charge in [-0.25, -0.2) is 9.48 Å². The van der Waals surface area contributed by atoms with Crippen molar-refractivity contribution in [3.63, 3.8) is 0 Å². The van der Waals surface area contributed by atoms with Gasteiger partial charge in [-0.15, -0.1) is 5.10 Å². The summed E-state index contributed by atoms with van der Waals surface area (Å²) in [6.45, 7) is 3.82. The molecule has 21 heavy (non-hydrogen) atoms. The average molecular weight is 297 g/mol. The van der Waals surface area contributed by atoms with E-state index < -0.39 is 5.97 Å². The fraction of sp³-hybridized carbons (Fsp3) is 0.583. The molecule has 0 spiro atoms. The third-order valence-corrected chi connectivity index (χ3v) is 2.64. The molecule has 0 bridgehead atoms. The third kappa shape index (κ3) is 5.21. The maximum atomic E-state index is 11.7. The maximum Gasteiger partial charge on any atom is 0.358 e. The van der Waals surface area contributed by atoms with Crippen LogP contribution in [0.3, 0.4) is 0 Å². The van der Waals surface area contributed by atoms with E-state index in [-0.39, 0.29) is 24.1 Å². The molecule has 1 heterocycles. The Labute approximate surface area is 121 Å². The summed E-state index contributed by atoms with van der Waals surface area (Å²) in [6, 6.07) is 0. The van der Waals surface area contributed by atoms with E-state index in [9.17, 15) is 14.4 Å². The van der Waals surface area contributed by atoms with Crippen molar-refractivity contribution in [1.29, 1.82) is 0 Å². The molecular weight excluding hydrogens is 278 g/mol. The third-order valence-electron chi connectivity index (χ3n) is 2.64. The highest BCUT2D eigenvalue weighted by atomic mass is 16.4. The second-order valence-electron chi connectivity index (χ2n) is 4.43. The van der Waals surface area contributed by atoms with Crippen LogP contribution in [0.2, 0.25) is 0 Å². The van der Waals surface area contributed by atoms with Gasteiger partial charge in [-0.3, -0.25) is 9.59 Å². The molecule has 0 radical (unpaired) electrons. The lowest BCUT2D eigenvalue weighted by molar-refractivity contribution is -0.122. The largest absolute Gasteiger partial charge is 0.476 e. The minimum atomic E-state index is -1.16. The van der Waals surface area contributed by atoms with Crippen LogP contribution in [0.1, 0.15) is 36.5 Å². The normalized spacial score (nSPS) is 10.2. The fourth-order valence-electron chi connectivity index (χ4n) is 1.74. The van der Waals surface area contributed by atoms with Crippen molar-refractivity contribution in [2.24, 2.45) is 0 Å². The molecule has 3 N–H and O–H groups in total. The molecule has 2 amide bonds. The van der Waals surface area contributed by atoms with Gasteiger partial charge in [-0.05, 0) is 6.42 Å². The Kier molecular flexibility index (Phi) is 6.31. The first kappa shape index (κ1) is 16.6. The number of carbonyl (C=O) groups excluding carboxylic acids is 2. The van der Waals surface area contributed by atoms with Gasteiger partial charge in [0.05, 0.1) is 5.69 Å². The van der Waals surface area contributed by atoms with E-state index in [1.807, 2.05) is 6.92 Å². The van der Waals surface area contributed by atoms with Gasteiger partial charge in [0.1, 0.15) is 6.54 Å². The molecule has 9 heteroatoms. The molecule has 0 saturated heterocycles.